The third-order valence-corrected chi connectivity index (χ3v) is 5.06. The van der Waals surface area contributed by atoms with Crippen molar-refractivity contribution in [2.75, 3.05) is 26.2 Å². The molecule has 0 aliphatic carbocycles. The number of hydrogen-bond acceptors (Lipinski definition) is 4. The minimum absolute atomic E-state index is 0.185. The number of aliphatic hydroxyl groups excluding tert-OH is 1. The van der Waals surface area contributed by atoms with Gasteiger partial charge >= 0.3 is 0 Å². The number of β-amino-alcohol motifs (C(OH)–C–C–N with tert-alkyl or cyclic N) is 1. The van der Waals surface area contributed by atoms with Crippen molar-refractivity contribution in [2.45, 2.75) is 77.7 Å². The fraction of sp³-hybridized carbons (Fsp3) is 0.727. The van der Waals surface area contributed by atoms with Gasteiger partial charge in [0, 0.05) is 17.7 Å². The van der Waals surface area contributed by atoms with E-state index in [4.69, 9.17) is 4.74 Å². The summed E-state index contributed by atoms with van der Waals surface area (Å²) in [5.41, 5.74) is 1.39. The van der Waals surface area contributed by atoms with E-state index >= 15 is 0 Å². The Hall–Kier alpha value is -1.26. The standard InChI is InChI=1S/C22H37NO3/c1-21(2,3)18-12-17(13-19(20(18)25)22(4,5)6)26-15-16(24)14-23-10-8-7-9-11-23/h12-13,16,24-25H,7-11,14-15H2,1-6H3/t16-/m0/s1. The van der Waals surface area contributed by atoms with Crippen LogP contribution in [0.5, 0.6) is 11.5 Å². The van der Waals surface area contributed by atoms with Crippen LogP contribution in [0.4, 0.5) is 0 Å². The summed E-state index contributed by atoms with van der Waals surface area (Å²) in [6.45, 7) is 15.6. The van der Waals surface area contributed by atoms with E-state index in [1.54, 1.807) is 0 Å². The normalized spacial score (nSPS) is 18.0. The van der Waals surface area contributed by atoms with Gasteiger partial charge in [0.15, 0.2) is 0 Å². The molecule has 1 aliphatic rings. The molecular formula is C22H37NO3. The van der Waals surface area contributed by atoms with Crippen molar-refractivity contribution in [1.82, 2.24) is 4.90 Å². The van der Waals surface area contributed by atoms with Gasteiger partial charge in [0.05, 0.1) is 0 Å². The van der Waals surface area contributed by atoms with E-state index in [0.717, 1.165) is 30.0 Å². The third-order valence-electron chi connectivity index (χ3n) is 5.06. The van der Waals surface area contributed by atoms with Crippen molar-refractivity contribution in [2.24, 2.45) is 0 Å². The van der Waals surface area contributed by atoms with Crippen molar-refractivity contribution in [3.8, 4) is 11.5 Å². The first-order valence-electron chi connectivity index (χ1n) is 9.89. The molecule has 0 spiro atoms. The van der Waals surface area contributed by atoms with Crippen LogP contribution in [0.2, 0.25) is 0 Å². The van der Waals surface area contributed by atoms with Gasteiger partial charge in [-0.05, 0) is 48.9 Å². The lowest BCUT2D eigenvalue weighted by atomic mass is 9.79. The molecule has 1 aromatic carbocycles. The Kier molecular flexibility index (Phi) is 6.62. The second kappa shape index (κ2) is 8.18. The maximum atomic E-state index is 10.8. The highest BCUT2D eigenvalue weighted by atomic mass is 16.5. The summed E-state index contributed by atoms with van der Waals surface area (Å²) in [7, 11) is 0. The summed E-state index contributed by atoms with van der Waals surface area (Å²) in [6, 6.07) is 3.83. The lowest BCUT2D eigenvalue weighted by Crippen LogP contribution is -2.38. The number of aliphatic hydroxyl groups is 1. The Morgan fingerprint density at radius 2 is 1.46 bits per heavy atom. The molecule has 1 fully saturated rings. The summed E-state index contributed by atoms with van der Waals surface area (Å²) < 4.78 is 5.95. The molecule has 0 saturated carbocycles. The monoisotopic (exact) mass is 363 g/mol. The number of ether oxygens (including phenoxy) is 1. The molecule has 1 aromatic rings. The smallest absolute Gasteiger partial charge is 0.123 e. The van der Waals surface area contributed by atoms with Gasteiger partial charge in [-0.2, -0.15) is 0 Å². The van der Waals surface area contributed by atoms with Gasteiger partial charge in [0.2, 0.25) is 0 Å². The van der Waals surface area contributed by atoms with Crippen molar-refractivity contribution in [1.29, 1.82) is 0 Å². The highest BCUT2D eigenvalue weighted by Gasteiger charge is 2.27. The number of hydrogen-bond donors (Lipinski definition) is 2. The summed E-state index contributed by atoms with van der Waals surface area (Å²) in [4.78, 5) is 2.31. The molecule has 1 atom stereocenters. The fourth-order valence-electron chi connectivity index (χ4n) is 3.52. The average Bonchev–Trinajstić information content (AvgIpc) is 2.52. The van der Waals surface area contributed by atoms with E-state index in [1.165, 1.54) is 19.3 Å². The molecule has 0 amide bonds. The average molecular weight is 364 g/mol. The number of aromatic hydroxyl groups is 1. The molecule has 4 heteroatoms. The molecule has 2 N–H and O–H groups in total. The molecule has 1 aliphatic heterocycles. The van der Waals surface area contributed by atoms with Crippen LogP contribution in [-0.4, -0.2) is 47.5 Å². The SMILES string of the molecule is CC(C)(C)c1cc(OC[C@@H](O)CN2CCCCC2)cc(C(C)(C)C)c1O. The van der Waals surface area contributed by atoms with E-state index in [0.29, 0.717) is 12.3 Å². The van der Waals surface area contributed by atoms with Crippen LogP contribution in [0.15, 0.2) is 12.1 Å². The Balaban J connectivity index is 2.12. The number of nitrogens with zero attached hydrogens (tertiary/aromatic N) is 1. The van der Waals surface area contributed by atoms with Gasteiger partial charge in [0.25, 0.3) is 0 Å². The van der Waals surface area contributed by atoms with Gasteiger partial charge in [-0.1, -0.05) is 48.0 Å². The first-order chi connectivity index (χ1) is 12.0. The van der Waals surface area contributed by atoms with E-state index < -0.39 is 6.10 Å². The Labute approximate surface area is 159 Å². The van der Waals surface area contributed by atoms with Crippen molar-refractivity contribution < 1.29 is 14.9 Å². The van der Waals surface area contributed by atoms with E-state index in [-0.39, 0.29) is 17.4 Å². The molecule has 0 aromatic heterocycles. The van der Waals surface area contributed by atoms with E-state index in [2.05, 4.69) is 46.4 Å². The topological polar surface area (TPSA) is 52.9 Å². The van der Waals surface area contributed by atoms with Crippen LogP contribution < -0.4 is 4.74 Å². The van der Waals surface area contributed by atoms with Gasteiger partial charge in [-0.15, -0.1) is 0 Å². The lowest BCUT2D eigenvalue weighted by Gasteiger charge is -2.29. The zero-order valence-electron chi connectivity index (χ0n) is 17.4. The van der Waals surface area contributed by atoms with Gasteiger partial charge < -0.3 is 19.8 Å². The van der Waals surface area contributed by atoms with Crippen LogP contribution in [-0.2, 0) is 10.8 Å². The zero-order valence-corrected chi connectivity index (χ0v) is 17.4. The van der Waals surface area contributed by atoms with Crippen molar-refractivity contribution in [3.63, 3.8) is 0 Å². The predicted octanol–water partition coefficient (Wildman–Crippen LogP) is 4.21. The molecule has 0 radical (unpaired) electrons. The number of phenolic OH excluding ortho intramolecular Hbond substituents is 1. The number of piperidine rings is 1. The van der Waals surface area contributed by atoms with Crippen LogP contribution in [0.3, 0.4) is 0 Å². The summed E-state index contributed by atoms with van der Waals surface area (Å²) in [6.07, 6.45) is 3.23. The zero-order chi connectivity index (χ0) is 19.5. The maximum Gasteiger partial charge on any atom is 0.123 e. The highest BCUT2D eigenvalue weighted by Crippen LogP contribution is 2.41. The first kappa shape index (κ1) is 21.0. The van der Waals surface area contributed by atoms with E-state index in [1.807, 2.05) is 12.1 Å². The number of rotatable bonds is 5. The molecule has 2 rings (SSSR count). The Morgan fingerprint density at radius 3 is 1.92 bits per heavy atom. The highest BCUT2D eigenvalue weighted by molar-refractivity contribution is 5.51. The summed E-state index contributed by atoms with van der Waals surface area (Å²) in [5.74, 6) is 1.07. The second-order valence-corrected chi connectivity index (χ2v) is 9.69. The van der Waals surface area contributed by atoms with Crippen LogP contribution in [0.1, 0.15) is 71.9 Å². The van der Waals surface area contributed by atoms with Crippen molar-refractivity contribution in [3.05, 3.63) is 23.3 Å². The van der Waals surface area contributed by atoms with E-state index in [9.17, 15) is 10.2 Å². The minimum Gasteiger partial charge on any atom is -0.507 e. The van der Waals surface area contributed by atoms with Gasteiger partial charge in [-0.3, -0.25) is 0 Å². The van der Waals surface area contributed by atoms with Crippen LogP contribution in [0, 0.1) is 0 Å². The molecule has 26 heavy (non-hydrogen) atoms. The molecule has 4 nitrogen and oxygen atoms in total. The summed E-state index contributed by atoms with van der Waals surface area (Å²) >= 11 is 0. The number of likely N-dealkylation sites (tertiary alicyclic amines) is 1. The second-order valence-electron chi connectivity index (χ2n) is 9.69. The number of benzene rings is 1. The molecule has 0 unspecified atom stereocenters. The Morgan fingerprint density at radius 1 is 0.962 bits per heavy atom. The van der Waals surface area contributed by atoms with Gasteiger partial charge in [-0.25, -0.2) is 0 Å². The van der Waals surface area contributed by atoms with Crippen molar-refractivity contribution >= 4 is 0 Å². The fourth-order valence-corrected chi connectivity index (χ4v) is 3.52. The van der Waals surface area contributed by atoms with Gasteiger partial charge in [0.1, 0.15) is 24.2 Å². The van der Waals surface area contributed by atoms with Crippen LogP contribution >= 0.6 is 0 Å². The molecule has 1 saturated heterocycles. The summed E-state index contributed by atoms with van der Waals surface area (Å²) in [5, 5.41) is 21.1. The molecule has 1 heterocycles. The predicted molar refractivity (Wildman–Crippen MR) is 107 cm³/mol. The lowest BCUT2D eigenvalue weighted by molar-refractivity contribution is 0.0616. The molecule has 0 bridgehead atoms. The molecular weight excluding hydrogens is 326 g/mol. The Bertz CT molecular complexity index is 557. The quantitative estimate of drug-likeness (QED) is 0.823. The molecule has 148 valence electrons. The first-order valence-corrected chi connectivity index (χ1v) is 9.89. The third kappa shape index (κ3) is 5.62. The maximum absolute atomic E-state index is 10.8. The largest absolute Gasteiger partial charge is 0.507 e. The van der Waals surface area contributed by atoms with Crippen LogP contribution in [0.25, 0.3) is 0 Å². The number of phenols is 1. The minimum atomic E-state index is -0.502.